The van der Waals surface area contributed by atoms with Crippen molar-refractivity contribution < 1.29 is 9.53 Å². The molecule has 21 heavy (non-hydrogen) atoms. The quantitative estimate of drug-likeness (QED) is 0.725. The van der Waals surface area contributed by atoms with E-state index in [2.05, 4.69) is 4.90 Å². The summed E-state index contributed by atoms with van der Waals surface area (Å²) in [7, 11) is 1.88. The Morgan fingerprint density at radius 1 is 1.24 bits per heavy atom. The Balaban J connectivity index is 0.00000220. The van der Waals surface area contributed by atoms with Gasteiger partial charge in [0, 0.05) is 13.6 Å². The predicted molar refractivity (Wildman–Crippen MR) is 87.1 cm³/mol. The third-order valence-corrected chi connectivity index (χ3v) is 3.63. The maximum Gasteiger partial charge on any atom is 0.236 e. The van der Waals surface area contributed by atoms with E-state index in [4.69, 9.17) is 4.74 Å². The first-order chi connectivity index (χ1) is 9.75. The van der Waals surface area contributed by atoms with Crippen molar-refractivity contribution in [1.29, 1.82) is 0 Å². The third-order valence-electron chi connectivity index (χ3n) is 3.63. The monoisotopic (exact) mass is 312 g/mol. The maximum absolute atomic E-state index is 12.0. The summed E-state index contributed by atoms with van der Waals surface area (Å²) in [6.07, 6.45) is 3.31. The van der Waals surface area contributed by atoms with Gasteiger partial charge in [-0.15, -0.1) is 12.4 Å². The minimum atomic E-state index is 0. The number of rotatable bonds is 7. The highest BCUT2D eigenvalue weighted by molar-refractivity contribution is 5.85. The van der Waals surface area contributed by atoms with Gasteiger partial charge in [-0.25, -0.2) is 0 Å². The molecule has 0 unspecified atom stereocenters. The second kappa shape index (κ2) is 9.64. The predicted octanol–water partition coefficient (Wildman–Crippen LogP) is 2.43. The van der Waals surface area contributed by atoms with E-state index in [1.165, 1.54) is 12.8 Å². The Hall–Kier alpha value is -1.26. The van der Waals surface area contributed by atoms with Crippen molar-refractivity contribution >= 4 is 18.3 Å². The Morgan fingerprint density at radius 2 is 1.90 bits per heavy atom. The molecule has 0 N–H and O–H groups in total. The standard InChI is InChI=1S/C16H24N2O2.ClH/c1-17(16(19)14-18-11-5-6-12-18)10-7-13-20-15-8-3-2-4-9-15;/h2-4,8-9H,5-7,10-14H2,1H3;1H. The van der Waals surface area contributed by atoms with Crippen molar-refractivity contribution in [1.82, 2.24) is 9.80 Å². The van der Waals surface area contributed by atoms with Crippen LogP contribution < -0.4 is 4.74 Å². The number of amides is 1. The van der Waals surface area contributed by atoms with E-state index in [1.54, 1.807) is 0 Å². The fourth-order valence-electron chi connectivity index (χ4n) is 2.39. The summed E-state index contributed by atoms with van der Waals surface area (Å²) in [6, 6.07) is 9.78. The van der Waals surface area contributed by atoms with Crippen LogP contribution in [0.4, 0.5) is 0 Å². The topological polar surface area (TPSA) is 32.8 Å². The number of para-hydroxylation sites is 1. The van der Waals surface area contributed by atoms with E-state index in [0.717, 1.165) is 31.8 Å². The molecule has 1 saturated heterocycles. The molecule has 4 nitrogen and oxygen atoms in total. The molecular weight excluding hydrogens is 288 g/mol. The highest BCUT2D eigenvalue weighted by Crippen LogP contribution is 2.09. The molecule has 1 heterocycles. The lowest BCUT2D eigenvalue weighted by molar-refractivity contribution is -0.131. The van der Waals surface area contributed by atoms with Gasteiger partial charge in [-0.1, -0.05) is 18.2 Å². The molecule has 5 heteroatoms. The molecule has 118 valence electrons. The number of halogens is 1. The van der Waals surface area contributed by atoms with Crippen molar-refractivity contribution in [3.8, 4) is 5.75 Å². The van der Waals surface area contributed by atoms with Crippen molar-refractivity contribution in [2.24, 2.45) is 0 Å². The molecule has 0 saturated carbocycles. The van der Waals surface area contributed by atoms with Crippen LogP contribution >= 0.6 is 12.4 Å². The van der Waals surface area contributed by atoms with Crippen LogP contribution in [0.25, 0.3) is 0 Å². The number of likely N-dealkylation sites (N-methyl/N-ethyl adjacent to an activating group) is 1. The van der Waals surface area contributed by atoms with Gasteiger partial charge in [-0.05, 0) is 44.5 Å². The SMILES string of the molecule is CN(CCCOc1ccccc1)C(=O)CN1CCCC1.Cl. The summed E-state index contributed by atoms with van der Waals surface area (Å²) in [4.78, 5) is 16.1. The number of hydrogen-bond donors (Lipinski definition) is 0. The summed E-state index contributed by atoms with van der Waals surface area (Å²) in [5.74, 6) is 1.10. The zero-order valence-corrected chi connectivity index (χ0v) is 13.5. The zero-order chi connectivity index (χ0) is 14.2. The minimum absolute atomic E-state index is 0. The average Bonchev–Trinajstić information content (AvgIpc) is 2.97. The van der Waals surface area contributed by atoms with Crippen molar-refractivity contribution in [3.63, 3.8) is 0 Å². The summed E-state index contributed by atoms with van der Waals surface area (Å²) < 4.78 is 5.62. The normalized spacial score (nSPS) is 14.5. The van der Waals surface area contributed by atoms with Crippen molar-refractivity contribution in [2.75, 3.05) is 39.8 Å². The minimum Gasteiger partial charge on any atom is -0.494 e. The summed E-state index contributed by atoms with van der Waals surface area (Å²) in [5.41, 5.74) is 0. The van der Waals surface area contributed by atoms with E-state index in [0.29, 0.717) is 13.2 Å². The smallest absolute Gasteiger partial charge is 0.236 e. The maximum atomic E-state index is 12.0. The van der Waals surface area contributed by atoms with Crippen LogP contribution in [-0.4, -0.2) is 55.5 Å². The van der Waals surface area contributed by atoms with Crippen LogP contribution in [0.5, 0.6) is 5.75 Å². The van der Waals surface area contributed by atoms with Gasteiger partial charge in [0.2, 0.25) is 5.91 Å². The lowest BCUT2D eigenvalue weighted by Crippen LogP contribution is -2.37. The van der Waals surface area contributed by atoms with Gasteiger partial charge >= 0.3 is 0 Å². The van der Waals surface area contributed by atoms with Gasteiger partial charge in [0.1, 0.15) is 5.75 Å². The molecule has 1 aromatic rings. The van der Waals surface area contributed by atoms with Crippen LogP contribution in [0.15, 0.2) is 30.3 Å². The molecule has 0 aliphatic carbocycles. The van der Waals surface area contributed by atoms with Crippen LogP contribution in [0, 0.1) is 0 Å². The van der Waals surface area contributed by atoms with E-state index in [-0.39, 0.29) is 18.3 Å². The number of ether oxygens (including phenoxy) is 1. The molecule has 2 rings (SSSR count). The van der Waals surface area contributed by atoms with E-state index in [1.807, 2.05) is 42.3 Å². The molecule has 0 radical (unpaired) electrons. The summed E-state index contributed by atoms with van der Waals surface area (Å²) >= 11 is 0. The Kier molecular flexibility index (Phi) is 8.16. The molecule has 1 aromatic carbocycles. The van der Waals surface area contributed by atoms with Crippen LogP contribution in [0.1, 0.15) is 19.3 Å². The first kappa shape index (κ1) is 17.8. The molecule has 0 bridgehead atoms. The summed E-state index contributed by atoms with van der Waals surface area (Å²) in [5, 5.41) is 0. The Bertz CT molecular complexity index is 408. The van der Waals surface area contributed by atoms with E-state index >= 15 is 0 Å². The average molecular weight is 313 g/mol. The molecule has 0 atom stereocenters. The molecule has 1 amide bonds. The zero-order valence-electron chi connectivity index (χ0n) is 12.7. The van der Waals surface area contributed by atoms with Gasteiger partial charge in [0.05, 0.1) is 13.2 Å². The Labute approximate surface area is 133 Å². The molecule has 1 aliphatic heterocycles. The van der Waals surface area contributed by atoms with Gasteiger partial charge < -0.3 is 9.64 Å². The fraction of sp³-hybridized carbons (Fsp3) is 0.562. The second-order valence-corrected chi connectivity index (χ2v) is 5.31. The van der Waals surface area contributed by atoms with Crippen LogP contribution in [0.2, 0.25) is 0 Å². The summed E-state index contributed by atoms with van der Waals surface area (Å²) in [6.45, 7) is 4.09. The Morgan fingerprint density at radius 3 is 2.57 bits per heavy atom. The van der Waals surface area contributed by atoms with Crippen molar-refractivity contribution in [2.45, 2.75) is 19.3 Å². The third kappa shape index (κ3) is 6.36. The first-order valence-corrected chi connectivity index (χ1v) is 7.40. The molecule has 0 aromatic heterocycles. The van der Waals surface area contributed by atoms with Crippen LogP contribution in [-0.2, 0) is 4.79 Å². The molecule has 0 spiro atoms. The largest absolute Gasteiger partial charge is 0.494 e. The highest BCUT2D eigenvalue weighted by Gasteiger charge is 2.17. The number of hydrogen-bond acceptors (Lipinski definition) is 3. The second-order valence-electron chi connectivity index (χ2n) is 5.31. The number of carbonyl (C=O) groups is 1. The van der Waals surface area contributed by atoms with Crippen molar-refractivity contribution in [3.05, 3.63) is 30.3 Å². The van der Waals surface area contributed by atoms with Crippen LogP contribution in [0.3, 0.4) is 0 Å². The van der Waals surface area contributed by atoms with Gasteiger partial charge in [0.25, 0.3) is 0 Å². The fourth-order valence-corrected chi connectivity index (χ4v) is 2.39. The number of benzene rings is 1. The number of nitrogens with zero attached hydrogens (tertiary/aromatic N) is 2. The highest BCUT2D eigenvalue weighted by atomic mass is 35.5. The molecular formula is C16H25ClN2O2. The first-order valence-electron chi connectivity index (χ1n) is 7.40. The van der Waals surface area contributed by atoms with E-state index < -0.39 is 0 Å². The number of carbonyl (C=O) groups excluding carboxylic acids is 1. The lowest BCUT2D eigenvalue weighted by Gasteiger charge is -2.21. The lowest BCUT2D eigenvalue weighted by atomic mass is 10.3. The van der Waals surface area contributed by atoms with E-state index in [9.17, 15) is 4.79 Å². The molecule has 1 aliphatic rings. The van der Waals surface area contributed by atoms with Gasteiger partial charge in [-0.3, -0.25) is 9.69 Å². The number of likely N-dealkylation sites (tertiary alicyclic amines) is 1. The van der Waals surface area contributed by atoms with Gasteiger partial charge in [-0.2, -0.15) is 0 Å². The van der Waals surface area contributed by atoms with Gasteiger partial charge in [0.15, 0.2) is 0 Å². The molecule has 1 fully saturated rings.